The van der Waals surface area contributed by atoms with Gasteiger partial charge in [0.1, 0.15) is 46.3 Å². The van der Waals surface area contributed by atoms with Crippen molar-refractivity contribution in [3.8, 4) is 11.3 Å². The molecule has 0 aliphatic heterocycles. The van der Waals surface area contributed by atoms with Crippen LogP contribution in [0.2, 0.25) is 0 Å². The molecule has 42 heavy (non-hydrogen) atoms. The molecule has 0 saturated heterocycles. The van der Waals surface area contributed by atoms with Gasteiger partial charge in [-0.05, 0) is 25.0 Å². The van der Waals surface area contributed by atoms with Gasteiger partial charge in [-0.15, -0.1) is 0 Å². The number of carbonyl (C=O) groups is 1. The monoisotopic (exact) mass is 580 g/mol. The van der Waals surface area contributed by atoms with E-state index >= 15 is 0 Å². The number of nitrogens with zero attached hydrogens (tertiary/aromatic N) is 4. The van der Waals surface area contributed by atoms with Gasteiger partial charge < -0.3 is 22.5 Å². The molecule has 1 aliphatic rings. The fourth-order valence-electron chi connectivity index (χ4n) is 4.13. The number of nitrogen functional groups attached to an aromatic ring is 3. The van der Waals surface area contributed by atoms with E-state index in [4.69, 9.17) is 22.2 Å². The summed E-state index contributed by atoms with van der Waals surface area (Å²) < 4.78 is 38.2. The smallest absolute Gasteiger partial charge is 0.394 e. The Balaban J connectivity index is 0.000000170. The van der Waals surface area contributed by atoms with Gasteiger partial charge >= 0.3 is 6.18 Å². The van der Waals surface area contributed by atoms with Gasteiger partial charge in [-0.3, -0.25) is 18.8 Å². The number of fused-ring (bicyclic) bond motifs is 1. The quantitative estimate of drug-likeness (QED) is 0.181. The standard InChI is InChI=1S/C17H16N4O.C7H7F3N2.C4H4N2O2/c18-16-15-14(12-6-4-11(10-22)5-7-12)20-17(13-2-1-3-13)21(15)9-8-19-16;1-11-6-4-5(2-3-12-6)7(8,9)10;5-1-2(6)4(8)3(1)7/h4-10,13H,1-3H2,(H2,18,19);2-4H,1H3,(H,11,12);5-6H2. The van der Waals surface area contributed by atoms with Crippen LogP contribution < -0.4 is 33.4 Å². The molecular formula is C28H27F3N8O3. The van der Waals surface area contributed by atoms with Crippen molar-refractivity contribution in [2.24, 2.45) is 0 Å². The number of hydrogen-bond donors (Lipinski definition) is 4. The van der Waals surface area contributed by atoms with Crippen molar-refractivity contribution >= 4 is 34.8 Å². The van der Waals surface area contributed by atoms with Crippen LogP contribution in [0.25, 0.3) is 16.8 Å². The number of alkyl halides is 3. The lowest BCUT2D eigenvalue weighted by molar-refractivity contribution is -0.137. The van der Waals surface area contributed by atoms with Crippen molar-refractivity contribution in [3.05, 3.63) is 92.4 Å². The number of aldehydes is 1. The van der Waals surface area contributed by atoms with Crippen LogP contribution >= 0.6 is 0 Å². The molecule has 218 valence electrons. The number of carbonyl (C=O) groups excluding carboxylic acids is 1. The maximum atomic E-state index is 12.0. The Morgan fingerprint density at radius 2 is 1.62 bits per heavy atom. The second-order valence-electron chi connectivity index (χ2n) is 9.38. The molecule has 0 spiro atoms. The number of halogens is 3. The number of nitrogens with two attached hydrogens (primary N) is 3. The summed E-state index contributed by atoms with van der Waals surface area (Å²) in [6.07, 6.45) is 4.90. The topological polar surface area (TPSA) is 184 Å². The molecule has 0 bridgehead atoms. The summed E-state index contributed by atoms with van der Waals surface area (Å²) in [6.45, 7) is 0. The lowest BCUT2D eigenvalue weighted by Gasteiger charge is -2.23. The Morgan fingerprint density at radius 1 is 0.976 bits per heavy atom. The van der Waals surface area contributed by atoms with Crippen molar-refractivity contribution in [2.45, 2.75) is 31.4 Å². The normalized spacial score (nSPS) is 13.0. The Hall–Kier alpha value is -5.27. The highest BCUT2D eigenvalue weighted by atomic mass is 19.4. The zero-order valence-corrected chi connectivity index (χ0v) is 22.4. The van der Waals surface area contributed by atoms with Gasteiger partial charge in [-0.2, -0.15) is 13.2 Å². The average molecular weight is 581 g/mol. The van der Waals surface area contributed by atoms with E-state index in [0.29, 0.717) is 17.3 Å². The number of anilines is 4. The van der Waals surface area contributed by atoms with Gasteiger partial charge in [-0.25, -0.2) is 15.0 Å². The SMILES string of the molecule is CNc1cc(C(F)(F)F)ccn1.Nc1c(N)c(=O)c1=O.Nc1nccn2c(C3CCC3)nc(-c3ccc(C=O)cc3)c12. The van der Waals surface area contributed by atoms with Crippen LogP contribution in [0, 0.1) is 0 Å². The van der Waals surface area contributed by atoms with E-state index in [9.17, 15) is 27.6 Å². The Bertz CT molecular complexity index is 1760. The molecule has 1 aliphatic carbocycles. The Labute approximate surface area is 236 Å². The van der Waals surface area contributed by atoms with Gasteiger partial charge in [0, 0.05) is 42.7 Å². The van der Waals surface area contributed by atoms with E-state index < -0.39 is 22.6 Å². The second-order valence-corrected chi connectivity index (χ2v) is 9.38. The first-order chi connectivity index (χ1) is 20.0. The van der Waals surface area contributed by atoms with Gasteiger partial charge in [0.25, 0.3) is 10.9 Å². The first kappa shape index (κ1) is 29.7. The molecule has 7 N–H and O–H groups in total. The maximum absolute atomic E-state index is 12.0. The molecule has 5 aromatic rings. The molecule has 2 aromatic carbocycles. The third-order valence-electron chi connectivity index (χ3n) is 6.73. The highest BCUT2D eigenvalue weighted by molar-refractivity contribution is 5.86. The molecule has 1 fully saturated rings. The third kappa shape index (κ3) is 6.06. The third-order valence-corrected chi connectivity index (χ3v) is 6.73. The zero-order chi connectivity index (χ0) is 30.6. The molecule has 3 heterocycles. The van der Waals surface area contributed by atoms with Crippen LogP contribution in [0.4, 0.5) is 36.2 Å². The summed E-state index contributed by atoms with van der Waals surface area (Å²) in [6, 6.07) is 9.29. The van der Waals surface area contributed by atoms with Crippen molar-refractivity contribution in [3.63, 3.8) is 0 Å². The molecule has 0 radical (unpaired) electrons. The van der Waals surface area contributed by atoms with Crippen LogP contribution in [0.1, 0.15) is 46.9 Å². The highest BCUT2D eigenvalue weighted by Crippen LogP contribution is 2.39. The highest BCUT2D eigenvalue weighted by Gasteiger charge is 2.30. The molecule has 0 amide bonds. The number of pyridine rings is 1. The van der Waals surface area contributed by atoms with Gasteiger partial charge in [0.2, 0.25) is 0 Å². The maximum Gasteiger partial charge on any atom is 0.416 e. The number of benzene rings is 1. The van der Waals surface area contributed by atoms with Crippen molar-refractivity contribution < 1.29 is 18.0 Å². The Kier molecular flexibility index (Phi) is 8.54. The number of hydrogen-bond acceptors (Lipinski definition) is 10. The van der Waals surface area contributed by atoms with Crippen LogP contribution in [0.3, 0.4) is 0 Å². The van der Waals surface area contributed by atoms with Gasteiger partial charge in [0.15, 0.2) is 0 Å². The first-order valence-corrected chi connectivity index (χ1v) is 12.7. The van der Waals surface area contributed by atoms with Gasteiger partial charge in [-0.1, -0.05) is 30.7 Å². The molecule has 3 aromatic heterocycles. The Morgan fingerprint density at radius 3 is 2.12 bits per heavy atom. The van der Waals surface area contributed by atoms with E-state index in [-0.39, 0.29) is 17.2 Å². The van der Waals surface area contributed by atoms with Crippen LogP contribution in [-0.2, 0) is 6.18 Å². The van der Waals surface area contributed by atoms with E-state index in [0.717, 1.165) is 47.2 Å². The first-order valence-electron chi connectivity index (χ1n) is 12.7. The number of nitrogens with one attached hydrogen (secondary N) is 1. The summed E-state index contributed by atoms with van der Waals surface area (Å²) in [4.78, 5) is 43.8. The number of aromatic nitrogens is 4. The molecule has 1 saturated carbocycles. The molecule has 11 nitrogen and oxygen atoms in total. The van der Waals surface area contributed by atoms with E-state index in [1.807, 2.05) is 18.3 Å². The van der Waals surface area contributed by atoms with Crippen LogP contribution in [-0.4, -0.2) is 32.7 Å². The summed E-state index contributed by atoms with van der Waals surface area (Å²) in [5, 5.41) is 2.53. The fourth-order valence-corrected chi connectivity index (χ4v) is 4.13. The van der Waals surface area contributed by atoms with E-state index in [2.05, 4.69) is 19.7 Å². The number of rotatable bonds is 4. The predicted molar refractivity (Wildman–Crippen MR) is 154 cm³/mol. The lowest BCUT2D eigenvalue weighted by atomic mass is 9.85. The van der Waals surface area contributed by atoms with Crippen LogP contribution in [0.15, 0.2) is 64.6 Å². The summed E-state index contributed by atoms with van der Waals surface area (Å²) in [5.41, 5.74) is 17.0. The minimum absolute atomic E-state index is 0.102. The average Bonchev–Trinajstić information content (AvgIpc) is 3.35. The predicted octanol–water partition coefficient (Wildman–Crippen LogP) is 3.65. The van der Waals surface area contributed by atoms with Gasteiger partial charge in [0.05, 0.1) is 5.56 Å². The molecule has 14 heteroatoms. The molecule has 0 unspecified atom stereocenters. The zero-order valence-electron chi connectivity index (χ0n) is 22.4. The van der Waals surface area contributed by atoms with E-state index in [1.54, 1.807) is 18.3 Å². The summed E-state index contributed by atoms with van der Waals surface area (Å²) >= 11 is 0. The minimum Gasteiger partial charge on any atom is -0.394 e. The number of imidazole rings is 1. The lowest BCUT2D eigenvalue weighted by Crippen LogP contribution is -2.36. The molecular weight excluding hydrogens is 553 g/mol. The van der Waals surface area contributed by atoms with Crippen LogP contribution in [0.5, 0.6) is 0 Å². The van der Waals surface area contributed by atoms with Crippen molar-refractivity contribution in [2.75, 3.05) is 29.6 Å². The van der Waals surface area contributed by atoms with Crippen molar-refractivity contribution in [1.82, 2.24) is 19.4 Å². The minimum atomic E-state index is -4.30. The summed E-state index contributed by atoms with van der Waals surface area (Å²) in [7, 11) is 1.52. The molecule has 0 atom stereocenters. The van der Waals surface area contributed by atoms with Crippen molar-refractivity contribution in [1.29, 1.82) is 0 Å². The largest absolute Gasteiger partial charge is 0.416 e. The molecule has 6 rings (SSSR count). The second kappa shape index (κ2) is 12.1. The fraction of sp³-hybridized carbons (Fsp3) is 0.214. The summed E-state index contributed by atoms with van der Waals surface area (Å²) in [5.74, 6) is 2.25. The van der Waals surface area contributed by atoms with E-state index in [1.165, 1.54) is 26.3 Å².